The quantitative estimate of drug-likeness (QED) is 0.877. The van der Waals surface area contributed by atoms with Gasteiger partial charge in [0.25, 0.3) is 0 Å². The van der Waals surface area contributed by atoms with Crippen LogP contribution < -0.4 is 4.74 Å². The zero-order valence-corrected chi connectivity index (χ0v) is 12.4. The molecule has 0 saturated heterocycles. The van der Waals surface area contributed by atoms with E-state index in [1.165, 1.54) is 0 Å². The second-order valence-corrected chi connectivity index (χ2v) is 4.99. The molecule has 0 aliphatic carbocycles. The highest BCUT2D eigenvalue weighted by Gasteiger charge is 2.21. The number of aliphatic carboxylic acids is 1. The summed E-state index contributed by atoms with van der Waals surface area (Å²) < 4.78 is 6.12. The number of halogens is 1. The van der Waals surface area contributed by atoms with Crippen molar-refractivity contribution in [1.29, 1.82) is 0 Å². The topological polar surface area (TPSA) is 49.8 Å². The first kappa shape index (κ1) is 15.0. The summed E-state index contributed by atoms with van der Waals surface area (Å²) in [6.07, 6.45) is 0.577. The molecule has 1 aromatic carbocycles. The standard InChI is InChI=1S/C13H18BrNO3/c1-4-12(13(16)17)15(2)8-9-7-10(18-3)5-6-11(9)14/h5-7,12H,4,8H2,1-3H3,(H,16,17). The molecule has 0 heterocycles. The fourth-order valence-corrected chi connectivity index (χ4v) is 2.22. The molecule has 1 aromatic rings. The van der Waals surface area contributed by atoms with Crippen molar-refractivity contribution in [3.8, 4) is 5.75 Å². The van der Waals surface area contributed by atoms with E-state index in [1.54, 1.807) is 7.11 Å². The summed E-state index contributed by atoms with van der Waals surface area (Å²) in [5.41, 5.74) is 1.01. The van der Waals surface area contributed by atoms with Crippen LogP contribution in [0.3, 0.4) is 0 Å². The molecule has 0 aliphatic rings. The molecule has 0 aromatic heterocycles. The van der Waals surface area contributed by atoms with E-state index < -0.39 is 12.0 Å². The Morgan fingerprint density at radius 3 is 2.72 bits per heavy atom. The Kier molecular flexibility index (Phi) is 5.62. The van der Waals surface area contributed by atoms with Gasteiger partial charge in [0.05, 0.1) is 7.11 Å². The van der Waals surface area contributed by atoms with Crippen LogP contribution in [-0.2, 0) is 11.3 Å². The lowest BCUT2D eigenvalue weighted by atomic mass is 10.1. The Balaban J connectivity index is 2.86. The molecule has 100 valence electrons. The van der Waals surface area contributed by atoms with Gasteiger partial charge in [0.1, 0.15) is 11.8 Å². The van der Waals surface area contributed by atoms with E-state index in [0.717, 1.165) is 15.8 Å². The number of ether oxygens (including phenoxy) is 1. The van der Waals surface area contributed by atoms with Gasteiger partial charge < -0.3 is 9.84 Å². The fraction of sp³-hybridized carbons (Fsp3) is 0.462. The van der Waals surface area contributed by atoms with E-state index >= 15 is 0 Å². The summed E-state index contributed by atoms with van der Waals surface area (Å²) in [5.74, 6) is -0.0241. The number of carbonyl (C=O) groups is 1. The summed E-state index contributed by atoms with van der Waals surface area (Å²) >= 11 is 3.47. The minimum atomic E-state index is -0.793. The summed E-state index contributed by atoms with van der Waals surface area (Å²) in [4.78, 5) is 12.9. The number of methoxy groups -OCH3 is 1. The third kappa shape index (κ3) is 3.71. The highest BCUT2D eigenvalue weighted by Crippen LogP contribution is 2.24. The van der Waals surface area contributed by atoms with Crippen molar-refractivity contribution in [2.45, 2.75) is 25.9 Å². The molecular weight excluding hydrogens is 298 g/mol. The molecule has 0 saturated carbocycles. The van der Waals surface area contributed by atoms with Crippen molar-refractivity contribution in [2.24, 2.45) is 0 Å². The Morgan fingerprint density at radius 1 is 1.56 bits per heavy atom. The van der Waals surface area contributed by atoms with Crippen molar-refractivity contribution in [3.05, 3.63) is 28.2 Å². The van der Waals surface area contributed by atoms with E-state index in [0.29, 0.717) is 13.0 Å². The minimum absolute atomic E-state index is 0.469. The lowest BCUT2D eigenvalue weighted by Gasteiger charge is -2.24. The molecule has 0 bridgehead atoms. The molecule has 0 aliphatic heterocycles. The zero-order valence-electron chi connectivity index (χ0n) is 10.8. The molecule has 5 heteroatoms. The number of likely N-dealkylation sites (N-methyl/N-ethyl adjacent to an activating group) is 1. The maximum Gasteiger partial charge on any atom is 0.320 e. The van der Waals surface area contributed by atoms with E-state index in [-0.39, 0.29) is 0 Å². The van der Waals surface area contributed by atoms with Crippen molar-refractivity contribution in [2.75, 3.05) is 14.2 Å². The zero-order chi connectivity index (χ0) is 13.7. The number of hydrogen-bond acceptors (Lipinski definition) is 3. The first-order valence-electron chi connectivity index (χ1n) is 5.75. The molecule has 18 heavy (non-hydrogen) atoms. The van der Waals surface area contributed by atoms with Gasteiger partial charge in [0.2, 0.25) is 0 Å². The summed E-state index contributed by atoms with van der Waals surface area (Å²) in [6, 6.07) is 5.21. The molecule has 0 radical (unpaired) electrons. The largest absolute Gasteiger partial charge is 0.497 e. The summed E-state index contributed by atoms with van der Waals surface area (Å²) in [7, 11) is 3.43. The predicted molar refractivity (Wildman–Crippen MR) is 73.9 cm³/mol. The van der Waals surface area contributed by atoms with E-state index in [9.17, 15) is 4.79 Å². The minimum Gasteiger partial charge on any atom is -0.497 e. The normalized spacial score (nSPS) is 12.5. The van der Waals surface area contributed by atoms with E-state index in [1.807, 2.05) is 37.1 Å². The van der Waals surface area contributed by atoms with Gasteiger partial charge in [-0.1, -0.05) is 22.9 Å². The number of nitrogens with zero attached hydrogens (tertiary/aromatic N) is 1. The molecule has 1 N–H and O–H groups in total. The summed E-state index contributed by atoms with van der Waals surface area (Å²) in [6.45, 7) is 2.43. The molecule has 1 rings (SSSR count). The first-order valence-corrected chi connectivity index (χ1v) is 6.54. The monoisotopic (exact) mass is 315 g/mol. The van der Waals surface area contributed by atoms with Crippen LogP contribution >= 0.6 is 15.9 Å². The first-order chi connectivity index (χ1) is 8.49. The maximum atomic E-state index is 11.1. The molecular formula is C13H18BrNO3. The van der Waals surface area contributed by atoms with Crippen molar-refractivity contribution in [3.63, 3.8) is 0 Å². The maximum absolute atomic E-state index is 11.1. The Labute approximate surface area is 116 Å². The number of hydrogen-bond donors (Lipinski definition) is 1. The van der Waals surface area contributed by atoms with Crippen molar-refractivity contribution >= 4 is 21.9 Å². The molecule has 4 nitrogen and oxygen atoms in total. The Hall–Kier alpha value is -1.07. The van der Waals surface area contributed by atoms with Crippen LogP contribution in [0.25, 0.3) is 0 Å². The number of carboxylic acids is 1. The highest BCUT2D eigenvalue weighted by molar-refractivity contribution is 9.10. The lowest BCUT2D eigenvalue weighted by Crippen LogP contribution is -2.37. The van der Waals surface area contributed by atoms with Gasteiger partial charge in [-0.3, -0.25) is 9.69 Å². The number of benzene rings is 1. The van der Waals surface area contributed by atoms with Gasteiger partial charge in [-0.2, -0.15) is 0 Å². The third-order valence-electron chi connectivity index (χ3n) is 2.88. The Morgan fingerprint density at radius 2 is 2.22 bits per heavy atom. The van der Waals surface area contributed by atoms with E-state index in [4.69, 9.17) is 9.84 Å². The van der Waals surface area contributed by atoms with E-state index in [2.05, 4.69) is 15.9 Å². The molecule has 0 spiro atoms. The predicted octanol–water partition coefficient (Wildman–Crippen LogP) is 2.75. The second-order valence-electron chi connectivity index (χ2n) is 4.13. The number of carboxylic acid groups (broad SMARTS) is 1. The average molecular weight is 316 g/mol. The van der Waals surface area contributed by atoms with Crippen LogP contribution in [0.1, 0.15) is 18.9 Å². The van der Waals surface area contributed by atoms with Crippen molar-refractivity contribution in [1.82, 2.24) is 4.90 Å². The average Bonchev–Trinajstić information content (AvgIpc) is 2.32. The number of rotatable bonds is 6. The van der Waals surface area contributed by atoms with Gasteiger partial charge in [0, 0.05) is 11.0 Å². The fourth-order valence-electron chi connectivity index (χ4n) is 1.85. The van der Waals surface area contributed by atoms with Crippen LogP contribution in [0.15, 0.2) is 22.7 Å². The lowest BCUT2D eigenvalue weighted by molar-refractivity contribution is -0.143. The molecule has 1 unspecified atom stereocenters. The summed E-state index contributed by atoms with van der Waals surface area (Å²) in [5, 5.41) is 9.11. The van der Waals surface area contributed by atoms with Gasteiger partial charge in [-0.25, -0.2) is 0 Å². The van der Waals surface area contributed by atoms with Crippen LogP contribution in [0.2, 0.25) is 0 Å². The highest BCUT2D eigenvalue weighted by atomic mass is 79.9. The van der Waals surface area contributed by atoms with Crippen LogP contribution in [0, 0.1) is 0 Å². The van der Waals surface area contributed by atoms with Gasteiger partial charge in [0.15, 0.2) is 0 Å². The molecule has 0 fully saturated rings. The Bertz CT molecular complexity index is 423. The van der Waals surface area contributed by atoms with Crippen LogP contribution in [0.5, 0.6) is 5.75 Å². The van der Waals surface area contributed by atoms with Gasteiger partial charge in [-0.15, -0.1) is 0 Å². The van der Waals surface area contributed by atoms with Crippen molar-refractivity contribution < 1.29 is 14.6 Å². The van der Waals surface area contributed by atoms with Crippen LogP contribution in [-0.4, -0.2) is 36.2 Å². The SMILES string of the molecule is CCC(C(=O)O)N(C)Cc1cc(OC)ccc1Br. The van der Waals surface area contributed by atoms with Gasteiger partial charge in [-0.05, 0) is 37.2 Å². The molecule has 0 amide bonds. The molecule has 1 atom stereocenters. The third-order valence-corrected chi connectivity index (χ3v) is 3.65. The van der Waals surface area contributed by atoms with Crippen LogP contribution in [0.4, 0.5) is 0 Å². The smallest absolute Gasteiger partial charge is 0.320 e. The second kappa shape index (κ2) is 6.75. The van der Waals surface area contributed by atoms with Gasteiger partial charge >= 0.3 is 5.97 Å².